The van der Waals surface area contributed by atoms with Gasteiger partial charge in [-0.05, 0) is 23.0 Å². The number of carbonyl (C=O) groups is 2. The number of nitrogens with zero attached hydrogens (tertiary/aromatic N) is 2. The molecular weight excluding hydrogens is 300 g/mol. The van der Waals surface area contributed by atoms with Gasteiger partial charge in [-0.25, -0.2) is 0 Å². The van der Waals surface area contributed by atoms with Crippen LogP contribution in [-0.4, -0.2) is 24.9 Å². The van der Waals surface area contributed by atoms with Crippen molar-refractivity contribution in [2.45, 2.75) is 54.4 Å². The molecule has 0 radical (unpaired) electrons. The van der Waals surface area contributed by atoms with Crippen molar-refractivity contribution in [3.05, 3.63) is 24.3 Å². The second kappa shape index (κ2) is 6.58. The van der Waals surface area contributed by atoms with Gasteiger partial charge >= 0.3 is 0 Å². The summed E-state index contributed by atoms with van der Waals surface area (Å²) in [6, 6.07) is 7.72. The van der Waals surface area contributed by atoms with Crippen molar-refractivity contribution in [2.24, 2.45) is 10.8 Å². The molecule has 0 atom stereocenters. The normalized spacial score (nSPS) is 15.2. The van der Waals surface area contributed by atoms with Gasteiger partial charge in [0, 0.05) is 25.9 Å². The number of hydrogen-bond donors (Lipinski definition) is 0. The maximum Gasteiger partial charge on any atom is 0.227 e. The molecule has 1 aromatic rings. The topological polar surface area (TPSA) is 40.6 Å². The van der Waals surface area contributed by atoms with Gasteiger partial charge in [-0.15, -0.1) is 0 Å². The predicted molar refractivity (Wildman–Crippen MR) is 99.3 cm³/mol. The van der Waals surface area contributed by atoms with E-state index >= 15 is 0 Å². The van der Waals surface area contributed by atoms with Gasteiger partial charge in [0.2, 0.25) is 11.8 Å². The number of anilines is 2. The third kappa shape index (κ3) is 4.59. The highest BCUT2D eigenvalue weighted by atomic mass is 16.2. The zero-order valence-corrected chi connectivity index (χ0v) is 15.8. The zero-order chi connectivity index (χ0) is 18.1. The van der Waals surface area contributed by atoms with E-state index in [0.717, 1.165) is 11.4 Å². The summed E-state index contributed by atoms with van der Waals surface area (Å²) >= 11 is 0. The van der Waals surface area contributed by atoms with E-state index in [2.05, 4.69) is 41.5 Å². The first-order valence-corrected chi connectivity index (χ1v) is 8.68. The highest BCUT2D eigenvalue weighted by Gasteiger charge is 2.32. The lowest BCUT2D eigenvalue weighted by Gasteiger charge is -2.38. The minimum atomic E-state index is -0.0504. The van der Waals surface area contributed by atoms with E-state index in [9.17, 15) is 9.59 Å². The van der Waals surface area contributed by atoms with E-state index in [1.54, 1.807) is 0 Å². The average molecular weight is 330 g/mol. The minimum Gasteiger partial charge on any atom is -0.309 e. The molecule has 1 aliphatic rings. The number of para-hydroxylation sites is 2. The first kappa shape index (κ1) is 18.5. The molecule has 1 aliphatic heterocycles. The van der Waals surface area contributed by atoms with Crippen LogP contribution < -0.4 is 9.80 Å². The Kier molecular flexibility index (Phi) is 5.07. The van der Waals surface area contributed by atoms with Gasteiger partial charge in [0.05, 0.1) is 11.4 Å². The number of rotatable bonds is 2. The summed E-state index contributed by atoms with van der Waals surface area (Å²) in [6.45, 7) is 13.5. The standard InChI is InChI=1S/C20H30N2O2/c1-19(2,3)13-17(23)21-11-12-22(18(24)14-20(4,5)6)16-10-8-7-9-15(16)21/h7-10H,11-14H2,1-6H3. The molecule has 2 amide bonds. The molecule has 0 aromatic heterocycles. The fraction of sp³-hybridized carbons (Fsp3) is 0.600. The van der Waals surface area contributed by atoms with Crippen LogP contribution in [0.25, 0.3) is 0 Å². The van der Waals surface area contributed by atoms with Gasteiger partial charge in [-0.1, -0.05) is 53.7 Å². The lowest BCUT2D eigenvalue weighted by atomic mass is 9.90. The summed E-state index contributed by atoms with van der Waals surface area (Å²) in [7, 11) is 0. The molecule has 0 aliphatic carbocycles. The van der Waals surface area contributed by atoms with E-state index in [1.807, 2.05) is 34.1 Å². The molecule has 0 fully saturated rings. The first-order chi connectivity index (χ1) is 11.0. The molecule has 1 heterocycles. The highest BCUT2D eigenvalue weighted by molar-refractivity contribution is 6.04. The van der Waals surface area contributed by atoms with Gasteiger partial charge in [-0.2, -0.15) is 0 Å². The van der Waals surface area contributed by atoms with E-state index in [1.165, 1.54) is 0 Å². The molecule has 0 saturated heterocycles. The van der Waals surface area contributed by atoms with Crippen molar-refractivity contribution in [1.29, 1.82) is 0 Å². The van der Waals surface area contributed by atoms with Gasteiger partial charge in [0.1, 0.15) is 0 Å². The van der Waals surface area contributed by atoms with Crippen LogP contribution in [0.5, 0.6) is 0 Å². The Morgan fingerprint density at radius 1 is 0.792 bits per heavy atom. The quantitative estimate of drug-likeness (QED) is 0.814. The molecule has 0 saturated carbocycles. The van der Waals surface area contributed by atoms with Crippen LogP contribution in [-0.2, 0) is 9.59 Å². The molecule has 24 heavy (non-hydrogen) atoms. The number of hydrogen-bond acceptors (Lipinski definition) is 2. The maximum atomic E-state index is 12.7. The SMILES string of the molecule is CC(C)(C)CC(=O)N1CCN(C(=O)CC(C)(C)C)c2ccccc21. The zero-order valence-electron chi connectivity index (χ0n) is 15.8. The Balaban J connectivity index is 2.28. The second-order valence-electron chi connectivity index (χ2n) is 9.05. The molecule has 0 bridgehead atoms. The van der Waals surface area contributed by atoms with Crippen LogP contribution in [0.2, 0.25) is 0 Å². The molecule has 1 aromatic carbocycles. The number of fused-ring (bicyclic) bond motifs is 1. The smallest absolute Gasteiger partial charge is 0.227 e. The van der Waals surface area contributed by atoms with E-state index < -0.39 is 0 Å². The second-order valence-corrected chi connectivity index (χ2v) is 9.05. The number of amides is 2. The predicted octanol–water partition coefficient (Wildman–Crippen LogP) is 4.24. The number of carbonyl (C=O) groups excluding carboxylic acids is 2. The first-order valence-electron chi connectivity index (χ1n) is 8.68. The Morgan fingerprint density at radius 2 is 1.12 bits per heavy atom. The number of benzene rings is 1. The van der Waals surface area contributed by atoms with Crippen LogP contribution >= 0.6 is 0 Å². The van der Waals surface area contributed by atoms with Crippen LogP contribution in [0.1, 0.15) is 54.4 Å². The molecule has 0 spiro atoms. The van der Waals surface area contributed by atoms with Gasteiger partial charge in [0.25, 0.3) is 0 Å². The van der Waals surface area contributed by atoms with Crippen molar-refractivity contribution >= 4 is 23.2 Å². The summed E-state index contributed by atoms with van der Waals surface area (Å²) in [6.07, 6.45) is 0.995. The molecule has 4 heteroatoms. The van der Waals surface area contributed by atoms with Crippen molar-refractivity contribution in [2.75, 3.05) is 22.9 Å². The molecule has 2 rings (SSSR count). The van der Waals surface area contributed by atoms with Gasteiger partial charge in [0.15, 0.2) is 0 Å². The summed E-state index contributed by atoms with van der Waals surface area (Å²) < 4.78 is 0. The monoisotopic (exact) mass is 330 g/mol. The van der Waals surface area contributed by atoms with E-state index in [-0.39, 0.29) is 22.6 Å². The Labute approximate surface area is 145 Å². The third-order valence-corrected chi connectivity index (χ3v) is 3.98. The Bertz CT molecular complexity index is 568. The Morgan fingerprint density at radius 3 is 1.42 bits per heavy atom. The summed E-state index contributed by atoms with van der Waals surface area (Å²) in [5.41, 5.74) is 1.59. The molecular formula is C20H30N2O2. The minimum absolute atomic E-state index is 0.0504. The molecule has 4 nitrogen and oxygen atoms in total. The van der Waals surface area contributed by atoms with Crippen LogP contribution in [0, 0.1) is 10.8 Å². The fourth-order valence-electron chi connectivity index (χ4n) is 2.98. The lowest BCUT2D eigenvalue weighted by molar-refractivity contribution is -0.122. The van der Waals surface area contributed by atoms with Crippen molar-refractivity contribution in [1.82, 2.24) is 0 Å². The van der Waals surface area contributed by atoms with Crippen molar-refractivity contribution in [3.8, 4) is 0 Å². The molecule has 0 N–H and O–H groups in total. The van der Waals surface area contributed by atoms with Crippen molar-refractivity contribution < 1.29 is 9.59 Å². The van der Waals surface area contributed by atoms with Crippen LogP contribution in [0.3, 0.4) is 0 Å². The molecule has 0 unspecified atom stereocenters. The Hall–Kier alpha value is -1.84. The van der Waals surface area contributed by atoms with Gasteiger partial charge < -0.3 is 9.80 Å². The summed E-state index contributed by atoms with van der Waals surface area (Å²) in [4.78, 5) is 29.1. The third-order valence-electron chi connectivity index (χ3n) is 3.98. The van der Waals surface area contributed by atoms with Gasteiger partial charge in [-0.3, -0.25) is 9.59 Å². The van der Waals surface area contributed by atoms with Crippen LogP contribution in [0.15, 0.2) is 24.3 Å². The highest BCUT2D eigenvalue weighted by Crippen LogP contribution is 2.35. The fourth-order valence-corrected chi connectivity index (χ4v) is 2.98. The van der Waals surface area contributed by atoms with E-state index in [0.29, 0.717) is 25.9 Å². The van der Waals surface area contributed by atoms with E-state index in [4.69, 9.17) is 0 Å². The summed E-state index contributed by atoms with van der Waals surface area (Å²) in [5.74, 6) is 0.246. The largest absolute Gasteiger partial charge is 0.309 e. The van der Waals surface area contributed by atoms with Crippen molar-refractivity contribution in [3.63, 3.8) is 0 Å². The lowest BCUT2D eigenvalue weighted by Crippen LogP contribution is -2.47. The summed E-state index contributed by atoms with van der Waals surface area (Å²) in [5, 5.41) is 0. The molecule has 132 valence electrons. The average Bonchev–Trinajstić information content (AvgIpc) is 2.42. The van der Waals surface area contributed by atoms with Crippen LogP contribution in [0.4, 0.5) is 11.4 Å². The maximum absolute atomic E-state index is 12.7.